The Morgan fingerprint density at radius 3 is 2.71 bits per heavy atom. The molecular formula is C15H15FN2O3. The second-order valence-corrected chi connectivity index (χ2v) is 4.35. The van der Waals surface area contributed by atoms with Gasteiger partial charge in [0.1, 0.15) is 22.9 Å². The van der Waals surface area contributed by atoms with Crippen LogP contribution >= 0.6 is 0 Å². The van der Waals surface area contributed by atoms with Gasteiger partial charge >= 0.3 is 5.97 Å². The predicted octanol–water partition coefficient (Wildman–Crippen LogP) is 3.45. The Morgan fingerprint density at radius 2 is 2.10 bits per heavy atom. The Kier molecular flexibility index (Phi) is 4.71. The molecule has 0 radical (unpaired) electrons. The van der Waals surface area contributed by atoms with Gasteiger partial charge in [-0.1, -0.05) is 6.92 Å². The molecule has 0 aliphatic heterocycles. The van der Waals surface area contributed by atoms with Crippen molar-refractivity contribution in [2.75, 3.05) is 11.9 Å². The van der Waals surface area contributed by atoms with Crippen molar-refractivity contribution < 1.29 is 19.0 Å². The highest BCUT2D eigenvalue weighted by molar-refractivity contribution is 5.93. The highest BCUT2D eigenvalue weighted by Crippen LogP contribution is 2.22. The summed E-state index contributed by atoms with van der Waals surface area (Å²) in [7, 11) is 0. The van der Waals surface area contributed by atoms with Crippen molar-refractivity contribution in [1.29, 1.82) is 0 Å². The van der Waals surface area contributed by atoms with Crippen LogP contribution in [0.3, 0.4) is 0 Å². The van der Waals surface area contributed by atoms with Gasteiger partial charge in [0, 0.05) is 5.69 Å². The van der Waals surface area contributed by atoms with Gasteiger partial charge in [-0.05, 0) is 36.8 Å². The van der Waals surface area contributed by atoms with Crippen LogP contribution in [-0.4, -0.2) is 22.7 Å². The van der Waals surface area contributed by atoms with Crippen molar-refractivity contribution in [2.45, 2.75) is 13.3 Å². The Bertz CT molecular complexity index is 629. The normalized spacial score (nSPS) is 10.2. The van der Waals surface area contributed by atoms with Gasteiger partial charge in [0.05, 0.1) is 12.8 Å². The quantitative estimate of drug-likeness (QED) is 0.852. The van der Waals surface area contributed by atoms with Gasteiger partial charge in [0.25, 0.3) is 0 Å². The summed E-state index contributed by atoms with van der Waals surface area (Å²) in [5, 5.41) is 11.9. The first kappa shape index (κ1) is 14.8. The molecule has 1 aromatic carbocycles. The third kappa shape index (κ3) is 3.92. The molecule has 5 nitrogen and oxygen atoms in total. The lowest BCUT2D eigenvalue weighted by Crippen LogP contribution is -2.05. The van der Waals surface area contributed by atoms with Crippen molar-refractivity contribution in [1.82, 2.24) is 4.98 Å². The molecule has 0 saturated heterocycles. The fourth-order valence-electron chi connectivity index (χ4n) is 1.69. The van der Waals surface area contributed by atoms with Gasteiger partial charge in [0.2, 0.25) is 0 Å². The Labute approximate surface area is 121 Å². The Balaban J connectivity index is 2.16. The molecule has 2 aromatic rings. The van der Waals surface area contributed by atoms with Crippen molar-refractivity contribution in [2.24, 2.45) is 0 Å². The van der Waals surface area contributed by atoms with E-state index in [0.29, 0.717) is 12.3 Å². The van der Waals surface area contributed by atoms with E-state index in [-0.39, 0.29) is 11.4 Å². The van der Waals surface area contributed by atoms with E-state index in [1.807, 2.05) is 6.92 Å². The zero-order valence-corrected chi connectivity index (χ0v) is 11.5. The van der Waals surface area contributed by atoms with Crippen LogP contribution < -0.4 is 10.1 Å². The number of nitrogens with zero attached hydrogens (tertiary/aromatic N) is 1. The van der Waals surface area contributed by atoms with Crippen LogP contribution in [0.1, 0.15) is 23.7 Å². The third-order valence-corrected chi connectivity index (χ3v) is 2.67. The Morgan fingerprint density at radius 1 is 1.38 bits per heavy atom. The van der Waals surface area contributed by atoms with Crippen LogP contribution in [0.15, 0.2) is 36.5 Å². The number of carbonyl (C=O) groups is 1. The fraction of sp³-hybridized carbons (Fsp3) is 0.200. The lowest BCUT2D eigenvalue weighted by atomic mass is 10.2. The van der Waals surface area contributed by atoms with E-state index in [0.717, 1.165) is 24.4 Å². The van der Waals surface area contributed by atoms with Crippen molar-refractivity contribution >= 4 is 17.5 Å². The molecule has 0 atom stereocenters. The molecule has 0 aliphatic carbocycles. The number of aromatic carboxylic acids is 1. The van der Waals surface area contributed by atoms with Gasteiger partial charge in [-0.25, -0.2) is 14.2 Å². The first-order valence-corrected chi connectivity index (χ1v) is 6.49. The number of hydrogen-bond acceptors (Lipinski definition) is 4. The lowest BCUT2D eigenvalue weighted by molar-refractivity contribution is 0.0697. The highest BCUT2D eigenvalue weighted by Gasteiger charge is 2.13. The summed E-state index contributed by atoms with van der Waals surface area (Å²) >= 11 is 0. The second-order valence-electron chi connectivity index (χ2n) is 4.35. The minimum absolute atomic E-state index is 0.0890. The van der Waals surface area contributed by atoms with Gasteiger partial charge in [0.15, 0.2) is 0 Å². The number of aromatic nitrogens is 1. The van der Waals surface area contributed by atoms with E-state index >= 15 is 0 Å². The summed E-state index contributed by atoms with van der Waals surface area (Å²) in [4.78, 5) is 14.8. The second kappa shape index (κ2) is 6.69. The van der Waals surface area contributed by atoms with E-state index in [1.165, 1.54) is 0 Å². The molecule has 0 bridgehead atoms. The van der Waals surface area contributed by atoms with Crippen molar-refractivity contribution in [3.05, 3.63) is 47.9 Å². The van der Waals surface area contributed by atoms with E-state index < -0.39 is 11.8 Å². The summed E-state index contributed by atoms with van der Waals surface area (Å²) in [5.74, 6) is -1.12. The number of carboxylic acid groups (broad SMARTS) is 1. The Hall–Kier alpha value is -2.63. The first-order chi connectivity index (χ1) is 10.1. The molecule has 0 saturated carbocycles. The zero-order chi connectivity index (χ0) is 15.2. The smallest absolute Gasteiger partial charge is 0.339 e. The molecule has 2 rings (SSSR count). The standard InChI is InChI=1S/C15H15FN2O3/c1-2-7-21-12-5-3-11(4-6-12)18-14-13(15(19)20)8-10(16)9-17-14/h3-6,8-9H,2,7H2,1H3,(H,17,18)(H,19,20). The molecule has 110 valence electrons. The molecule has 0 unspecified atom stereocenters. The minimum atomic E-state index is -1.24. The van der Waals surface area contributed by atoms with Crippen LogP contribution in [0.2, 0.25) is 0 Å². The largest absolute Gasteiger partial charge is 0.494 e. The molecule has 1 aromatic heterocycles. The van der Waals surface area contributed by atoms with Gasteiger partial charge in [-0.3, -0.25) is 0 Å². The molecule has 6 heteroatoms. The zero-order valence-electron chi connectivity index (χ0n) is 11.5. The molecule has 0 spiro atoms. The predicted molar refractivity (Wildman–Crippen MR) is 76.7 cm³/mol. The maximum Gasteiger partial charge on any atom is 0.339 e. The summed E-state index contributed by atoms with van der Waals surface area (Å²) in [5.41, 5.74) is 0.418. The number of ether oxygens (including phenoxy) is 1. The van der Waals surface area contributed by atoms with E-state index in [1.54, 1.807) is 24.3 Å². The van der Waals surface area contributed by atoms with E-state index in [2.05, 4.69) is 10.3 Å². The monoisotopic (exact) mass is 290 g/mol. The van der Waals surface area contributed by atoms with Crippen LogP contribution in [-0.2, 0) is 0 Å². The van der Waals surface area contributed by atoms with Gasteiger partial charge in [-0.2, -0.15) is 0 Å². The number of hydrogen-bond donors (Lipinski definition) is 2. The summed E-state index contributed by atoms with van der Waals surface area (Å²) in [6, 6.07) is 7.93. The minimum Gasteiger partial charge on any atom is -0.494 e. The summed E-state index contributed by atoms with van der Waals surface area (Å²) in [6.45, 7) is 2.65. The number of halogens is 1. The first-order valence-electron chi connectivity index (χ1n) is 6.49. The molecular weight excluding hydrogens is 275 g/mol. The molecule has 0 amide bonds. The lowest BCUT2D eigenvalue weighted by Gasteiger charge is -2.10. The highest BCUT2D eigenvalue weighted by atomic mass is 19.1. The number of carboxylic acids is 1. The van der Waals surface area contributed by atoms with Gasteiger partial charge < -0.3 is 15.2 Å². The van der Waals surface area contributed by atoms with Gasteiger partial charge in [-0.15, -0.1) is 0 Å². The van der Waals surface area contributed by atoms with Crippen molar-refractivity contribution in [3.63, 3.8) is 0 Å². The molecule has 0 fully saturated rings. The molecule has 21 heavy (non-hydrogen) atoms. The maximum atomic E-state index is 13.0. The topological polar surface area (TPSA) is 71.5 Å². The maximum absolute atomic E-state index is 13.0. The summed E-state index contributed by atoms with van der Waals surface area (Å²) < 4.78 is 18.5. The number of rotatable bonds is 6. The van der Waals surface area contributed by atoms with Crippen LogP contribution in [0.5, 0.6) is 5.75 Å². The number of nitrogens with one attached hydrogen (secondary N) is 1. The van der Waals surface area contributed by atoms with E-state index in [4.69, 9.17) is 9.84 Å². The SMILES string of the molecule is CCCOc1ccc(Nc2ncc(F)cc2C(=O)O)cc1. The third-order valence-electron chi connectivity index (χ3n) is 2.67. The average Bonchev–Trinajstić information content (AvgIpc) is 2.48. The summed E-state index contributed by atoms with van der Waals surface area (Å²) in [6.07, 6.45) is 1.88. The van der Waals surface area contributed by atoms with E-state index in [9.17, 15) is 9.18 Å². The fourth-order valence-corrected chi connectivity index (χ4v) is 1.69. The van der Waals surface area contributed by atoms with Crippen molar-refractivity contribution in [3.8, 4) is 5.75 Å². The molecule has 0 aliphatic rings. The van der Waals surface area contributed by atoms with Crippen LogP contribution in [0.4, 0.5) is 15.9 Å². The molecule has 2 N–H and O–H groups in total. The average molecular weight is 290 g/mol. The van der Waals surface area contributed by atoms with Crippen LogP contribution in [0, 0.1) is 5.82 Å². The number of anilines is 2. The van der Waals surface area contributed by atoms with Crippen LogP contribution in [0.25, 0.3) is 0 Å². The number of pyridine rings is 1. The number of benzene rings is 1. The molecule has 1 heterocycles.